The zero-order chi connectivity index (χ0) is 17.9. The molecule has 1 saturated heterocycles. The quantitative estimate of drug-likeness (QED) is 0.725. The molecule has 0 saturated carbocycles. The summed E-state index contributed by atoms with van der Waals surface area (Å²) >= 11 is 17.9. The Balaban J connectivity index is 2.14. The number of anilines is 1. The van der Waals surface area contributed by atoms with Gasteiger partial charge in [0.25, 0.3) is 0 Å². The van der Waals surface area contributed by atoms with E-state index in [-0.39, 0.29) is 26.9 Å². The van der Waals surface area contributed by atoms with Gasteiger partial charge in [0.1, 0.15) is 6.54 Å². The number of ether oxygens (including phenoxy) is 1. The number of hydrogen-bond donors (Lipinski definition) is 1. The fourth-order valence-electron chi connectivity index (χ4n) is 2.30. The van der Waals surface area contributed by atoms with E-state index in [2.05, 4.69) is 5.32 Å². The highest BCUT2D eigenvalue weighted by Gasteiger charge is 2.25. The molecule has 1 N–H and O–H groups in total. The van der Waals surface area contributed by atoms with Crippen molar-refractivity contribution in [3.63, 3.8) is 0 Å². The van der Waals surface area contributed by atoms with Gasteiger partial charge in [0.15, 0.2) is 0 Å². The van der Waals surface area contributed by atoms with Crippen molar-refractivity contribution in [1.82, 2.24) is 5.32 Å². The third kappa shape index (κ3) is 5.13. The Morgan fingerprint density at radius 2 is 1.96 bits per heavy atom. The van der Waals surface area contributed by atoms with E-state index >= 15 is 0 Å². The lowest BCUT2D eigenvalue weighted by molar-refractivity contribution is -0.120. The van der Waals surface area contributed by atoms with E-state index in [0.717, 1.165) is 23.4 Å². The molecular weight excluding hydrogens is 399 g/mol. The normalized spacial score (nSPS) is 17.8. The summed E-state index contributed by atoms with van der Waals surface area (Å²) in [5, 5.41) is 3.09. The molecule has 2 rings (SSSR count). The first-order valence-corrected chi connectivity index (χ1v) is 10.2. The number of hydrogen-bond acceptors (Lipinski definition) is 4. The van der Waals surface area contributed by atoms with Crippen molar-refractivity contribution in [3.8, 4) is 0 Å². The van der Waals surface area contributed by atoms with E-state index in [1.54, 1.807) is 0 Å². The van der Waals surface area contributed by atoms with Gasteiger partial charge < -0.3 is 10.1 Å². The highest BCUT2D eigenvalue weighted by Crippen LogP contribution is 2.35. The smallest absolute Gasteiger partial charge is 0.240 e. The number of halogens is 3. The molecule has 1 aliphatic heterocycles. The molecule has 1 atom stereocenters. The number of carbonyl (C=O) groups excluding carboxylic acids is 1. The van der Waals surface area contributed by atoms with Gasteiger partial charge in [0, 0.05) is 13.2 Å². The molecule has 10 heteroatoms. The minimum absolute atomic E-state index is 0.0332. The summed E-state index contributed by atoms with van der Waals surface area (Å²) in [6, 6.07) is 2.66. The maximum absolute atomic E-state index is 12.1. The van der Waals surface area contributed by atoms with Crippen LogP contribution in [0.1, 0.15) is 12.8 Å². The molecule has 1 heterocycles. The summed E-state index contributed by atoms with van der Waals surface area (Å²) in [6.07, 6.45) is 2.78. The van der Waals surface area contributed by atoms with Gasteiger partial charge in [0.05, 0.1) is 33.1 Å². The molecule has 0 spiro atoms. The molecule has 0 radical (unpaired) electrons. The first kappa shape index (κ1) is 19.6. The third-order valence-electron chi connectivity index (χ3n) is 3.50. The first-order valence-electron chi connectivity index (χ1n) is 7.19. The second-order valence-electron chi connectivity index (χ2n) is 5.43. The fraction of sp³-hybridized carbons (Fsp3) is 0.500. The molecule has 6 nitrogen and oxygen atoms in total. The molecule has 1 aromatic rings. The number of nitrogens with one attached hydrogen (secondary N) is 1. The SMILES string of the molecule is CS(=O)(=O)N(CC(=O)NCC1CCCO1)c1cc(Cl)c(Cl)cc1Cl. The number of sulfonamides is 1. The van der Waals surface area contributed by atoms with Gasteiger partial charge in [-0.3, -0.25) is 9.10 Å². The van der Waals surface area contributed by atoms with Crippen LogP contribution in [-0.4, -0.2) is 46.4 Å². The molecule has 0 aromatic heterocycles. The molecule has 1 fully saturated rings. The molecule has 24 heavy (non-hydrogen) atoms. The minimum Gasteiger partial charge on any atom is -0.376 e. The van der Waals surface area contributed by atoms with Gasteiger partial charge in [-0.05, 0) is 25.0 Å². The number of nitrogens with zero attached hydrogens (tertiary/aromatic N) is 1. The Labute approximate surface area is 156 Å². The van der Waals surface area contributed by atoms with E-state index in [1.807, 2.05) is 0 Å². The molecular formula is C14H17Cl3N2O4S. The number of amides is 1. The maximum Gasteiger partial charge on any atom is 0.240 e. The van der Waals surface area contributed by atoms with Crippen LogP contribution in [0.2, 0.25) is 15.1 Å². The summed E-state index contributed by atoms with van der Waals surface area (Å²) in [5.74, 6) is -0.460. The average Bonchev–Trinajstić information content (AvgIpc) is 2.99. The average molecular weight is 416 g/mol. The summed E-state index contributed by atoms with van der Waals surface area (Å²) in [5.41, 5.74) is 0.0980. The zero-order valence-corrected chi connectivity index (χ0v) is 16.0. The van der Waals surface area contributed by atoms with E-state index < -0.39 is 22.5 Å². The van der Waals surface area contributed by atoms with Gasteiger partial charge >= 0.3 is 0 Å². The van der Waals surface area contributed by atoms with Gasteiger partial charge in [-0.25, -0.2) is 8.42 Å². The van der Waals surface area contributed by atoms with Gasteiger partial charge in [-0.15, -0.1) is 0 Å². The van der Waals surface area contributed by atoms with Crippen LogP contribution in [0.5, 0.6) is 0 Å². The minimum atomic E-state index is -3.75. The lowest BCUT2D eigenvalue weighted by Gasteiger charge is -2.23. The van der Waals surface area contributed by atoms with Crippen molar-refractivity contribution in [2.45, 2.75) is 18.9 Å². The Kier molecular flexibility index (Phi) is 6.61. The zero-order valence-electron chi connectivity index (χ0n) is 12.9. The van der Waals surface area contributed by atoms with Crippen LogP contribution in [0.15, 0.2) is 12.1 Å². The van der Waals surface area contributed by atoms with Crippen LogP contribution in [0, 0.1) is 0 Å². The highest BCUT2D eigenvalue weighted by atomic mass is 35.5. The van der Waals surface area contributed by atoms with E-state index in [1.165, 1.54) is 12.1 Å². The Bertz CT molecular complexity index is 721. The van der Waals surface area contributed by atoms with Crippen LogP contribution in [0.3, 0.4) is 0 Å². The van der Waals surface area contributed by atoms with Crippen LogP contribution < -0.4 is 9.62 Å². The predicted octanol–water partition coefficient (Wildman–Crippen LogP) is 2.71. The van der Waals surface area contributed by atoms with Crippen molar-refractivity contribution in [1.29, 1.82) is 0 Å². The van der Waals surface area contributed by atoms with Crippen molar-refractivity contribution in [2.24, 2.45) is 0 Å². The van der Waals surface area contributed by atoms with Crippen molar-refractivity contribution < 1.29 is 17.9 Å². The van der Waals surface area contributed by atoms with E-state index in [0.29, 0.717) is 13.2 Å². The monoisotopic (exact) mass is 414 g/mol. The lowest BCUT2D eigenvalue weighted by Crippen LogP contribution is -2.42. The van der Waals surface area contributed by atoms with Crippen LogP contribution >= 0.6 is 34.8 Å². The molecule has 1 aliphatic rings. The first-order chi connectivity index (χ1) is 11.2. The van der Waals surface area contributed by atoms with Crippen LogP contribution in [0.4, 0.5) is 5.69 Å². The van der Waals surface area contributed by atoms with E-state index in [4.69, 9.17) is 39.5 Å². The largest absolute Gasteiger partial charge is 0.376 e. The Morgan fingerprint density at radius 1 is 1.29 bits per heavy atom. The summed E-state index contributed by atoms with van der Waals surface area (Å²) < 4.78 is 30.4. The summed E-state index contributed by atoms with van der Waals surface area (Å²) in [6.45, 7) is 0.601. The molecule has 134 valence electrons. The van der Waals surface area contributed by atoms with Gasteiger partial charge in [-0.2, -0.15) is 0 Å². The molecule has 1 aromatic carbocycles. The number of carbonyl (C=O) groups is 1. The Morgan fingerprint density at radius 3 is 2.54 bits per heavy atom. The molecule has 1 amide bonds. The molecule has 0 aliphatic carbocycles. The van der Waals surface area contributed by atoms with E-state index in [9.17, 15) is 13.2 Å². The van der Waals surface area contributed by atoms with Crippen LogP contribution in [-0.2, 0) is 19.6 Å². The highest BCUT2D eigenvalue weighted by molar-refractivity contribution is 7.92. The maximum atomic E-state index is 12.1. The second-order valence-corrected chi connectivity index (χ2v) is 8.55. The van der Waals surface area contributed by atoms with Gasteiger partial charge in [-0.1, -0.05) is 34.8 Å². The predicted molar refractivity (Wildman–Crippen MR) is 95.6 cm³/mol. The van der Waals surface area contributed by atoms with Crippen molar-refractivity contribution in [3.05, 3.63) is 27.2 Å². The summed E-state index contributed by atoms with van der Waals surface area (Å²) in [4.78, 5) is 12.1. The molecule has 0 bridgehead atoms. The van der Waals surface area contributed by atoms with Crippen LogP contribution in [0.25, 0.3) is 0 Å². The number of rotatable bonds is 6. The van der Waals surface area contributed by atoms with Gasteiger partial charge in [0.2, 0.25) is 15.9 Å². The fourth-order valence-corrected chi connectivity index (χ4v) is 3.86. The molecule has 1 unspecified atom stereocenters. The van der Waals surface area contributed by atoms with Crippen molar-refractivity contribution >= 4 is 56.4 Å². The third-order valence-corrected chi connectivity index (χ3v) is 5.65. The second kappa shape index (κ2) is 8.10. The Hall–Kier alpha value is -0.730. The lowest BCUT2D eigenvalue weighted by atomic mass is 10.2. The van der Waals surface area contributed by atoms with Crippen molar-refractivity contribution in [2.75, 3.05) is 30.3 Å². The topological polar surface area (TPSA) is 75.7 Å². The summed E-state index contributed by atoms with van der Waals surface area (Å²) in [7, 11) is -3.75. The standard InChI is InChI=1S/C14H17Cl3N2O4S/c1-24(21,22)19(13-6-11(16)10(15)5-12(13)17)8-14(20)18-7-9-3-2-4-23-9/h5-6,9H,2-4,7-8H2,1H3,(H,18,20). The number of benzene rings is 1.